The highest BCUT2D eigenvalue weighted by atomic mass is 32.3. The molecular formula is C21H25F4NO5S2. The van der Waals surface area contributed by atoms with E-state index < -0.39 is 71.0 Å². The van der Waals surface area contributed by atoms with Gasteiger partial charge in [0.05, 0.1) is 9.79 Å². The first kappa shape index (κ1) is 27.1. The Morgan fingerprint density at radius 2 is 1.12 bits per heavy atom. The number of hydrogen-bond acceptors (Lipinski definition) is 5. The third kappa shape index (κ3) is 6.04. The Morgan fingerprint density at radius 3 is 1.58 bits per heavy atom. The molecule has 0 saturated carbocycles. The Labute approximate surface area is 191 Å². The van der Waals surface area contributed by atoms with Gasteiger partial charge in [0.1, 0.15) is 11.6 Å². The predicted octanol–water partition coefficient (Wildman–Crippen LogP) is 5.00. The summed E-state index contributed by atoms with van der Waals surface area (Å²) in [7, 11) is -10.1. The van der Waals surface area contributed by atoms with E-state index in [2.05, 4.69) is 0 Å². The third-order valence-electron chi connectivity index (χ3n) is 5.07. The van der Waals surface area contributed by atoms with Crippen LogP contribution in [-0.2, 0) is 20.0 Å². The normalized spacial score (nSPS) is 12.5. The topological polar surface area (TPSA) is 91.8 Å². The van der Waals surface area contributed by atoms with Gasteiger partial charge in [-0.25, -0.2) is 34.4 Å². The molecule has 0 aliphatic carbocycles. The van der Waals surface area contributed by atoms with Crippen molar-refractivity contribution in [1.82, 2.24) is 3.71 Å². The fraction of sp³-hybridized carbons (Fsp3) is 0.429. The number of phenols is 1. The minimum absolute atomic E-state index is 0.0192. The molecule has 0 radical (unpaired) electrons. The molecule has 0 saturated heterocycles. The second kappa shape index (κ2) is 10.8. The lowest BCUT2D eigenvalue weighted by Gasteiger charge is -2.22. The molecule has 0 unspecified atom stereocenters. The molecule has 12 heteroatoms. The van der Waals surface area contributed by atoms with E-state index in [-0.39, 0.29) is 22.3 Å². The highest BCUT2D eigenvalue weighted by Crippen LogP contribution is 2.30. The molecule has 0 amide bonds. The number of rotatable bonds is 11. The monoisotopic (exact) mass is 511 g/mol. The maximum absolute atomic E-state index is 14.0. The number of nitrogens with zero attached hydrogens (tertiary/aromatic N) is 1. The zero-order chi connectivity index (χ0) is 25.0. The average Bonchev–Trinajstić information content (AvgIpc) is 2.74. The fourth-order valence-corrected chi connectivity index (χ4v) is 6.86. The molecule has 0 spiro atoms. The largest absolute Gasteiger partial charge is 0.503 e. The van der Waals surface area contributed by atoms with Crippen molar-refractivity contribution >= 4 is 20.0 Å². The van der Waals surface area contributed by atoms with Crippen molar-refractivity contribution in [3.05, 3.63) is 53.1 Å². The number of phenolic OH excluding ortho intramolecular Hbond substituents is 1. The zero-order valence-electron chi connectivity index (χ0n) is 18.1. The number of benzene rings is 2. The molecule has 0 bridgehead atoms. The number of aromatic hydroxyl groups is 1. The maximum Gasteiger partial charge on any atom is 0.256 e. The summed E-state index contributed by atoms with van der Waals surface area (Å²) < 4.78 is 108. The molecule has 0 fully saturated rings. The van der Waals surface area contributed by atoms with Crippen LogP contribution >= 0.6 is 0 Å². The van der Waals surface area contributed by atoms with Gasteiger partial charge < -0.3 is 5.11 Å². The summed E-state index contributed by atoms with van der Waals surface area (Å²) in [6.07, 6.45) is 3.96. The first-order valence-electron chi connectivity index (χ1n) is 10.3. The highest BCUT2D eigenvalue weighted by molar-refractivity contribution is 8.04. The molecule has 0 aromatic heterocycles. The molecule has 6 nitrogen and oxygen atoms in total. The van der Waals surface area contributed by atoms with Crippen LogP contribution in [0.25, 0.3) is 0 Å². The summed E-state index contributed by atoms with van der Waals surface area (Å²) >= 11 is 0. The van der Waals surface area contributed by atoms with Gasteiger partial charge in [-0.1, -0.05) is 42.7 Å². The van der Waals surface area contributed by atoms with E-state index in [9.17, 15) is 39.5 Å². The van der Waals surface area contributed by atoms with Crippen molar-refractivity contribution in [3.63, 3.8) is 0 Å². The van der Waals surface area contributed by atoms with Gasteiger partial charge in [0.2, 0.25) is 0 Å². The first-order valence-corrected chi connectivity index (χ1v) is 13.1. The molecule has 2 rings (SSSR count). The summed E-state index contributed by atoms with van der Waals surface area (Å²) in [4.78, 5) is -2.03. The van der Waals surface area contributed by atoms with E-state index in [0.29, 0.717) is 25.0 Å². The number of unbranched alkanes of at least 4 members (excludes halogenated alkanes) is 5. The number of hydrogen-bond donors (Lipinski definition) is 1. The van der Waals surface area contributed by atoms with Crippen molar-refractivity contribution < 1.29 is 39.5 Å². The van der Waals surface area contributed by atoms with Crippen LogP contribution in [0.3, 0.4) is 0 Å². The zero-order valence-corrected chi connectivity index (χ0v) is 19.7. The summed E-state index contributed by atoms with van der Waals surface area (Å²) in [5.74, 6) is -7.06. The van der Waals surface area contributed by atoms with Crippen LogP contribution in [0.1, 0.15) is 51.0 Å². The maximum atomic E-state index is 14.0. The molecule has 1 N–H and O–H groups in total. The summed E-state index contributed by atoms with van der Waals surface area (Å²) in [5.41, 5.74) is -0.457. The van der Waals surface area contributed by atoms with Gasteiger partial charge in [-0.3, -0.25) is 0 Å². The van der Waals surface area contributed by atoms with Gasteiger partial charge >= 0.3 is 0 Å². The smallest absolute Gasteiger partial charge is 0.256 e. The van der Waals surface area contributed by atoms with Crippen LogP contribution in [0.15, 0.2) is 34.1 Å². The average molecular weight is 512 g/mol. The number of halogens is 4. The predicted molar refractivity (Wildman–Crippen MR) is 114 cm³/mol. The van der Waals surface area contributed by atoms with Gasteiger partial charge in [0, 0.05) is 12.1 Å². The van der Waals surface area contributed by atoms with E-state index in [1.807, 2.05) is 6.92 Å². The van der Waals surface area contributed by atoms with E-state index in [0.717, 1.165) is 26.2 Å². The Kier molecular flexibility index (Phi) is 8.88. The SMILES string of the molecule is CCCCCCCCN(S(=O)(=O)c1cc(F)c(C)c(F)c1)S(=O)(=O)c1cc(F)c(O)c(F)c1. The summed E-state index contributed by atoms with van der Waals surface area (Å²) in [6, 6.07) is 1.51. The van der Waals surface area contributed by atoms with Gasteiger partial charge in [-0.2, -0.15) is 0 Å². The molecule has 33 heavy (non-hydrogen) atoms. The second-order valence-corrected chi connectivity index (χ2v) is 11.5. The van der Waals surface area contributed by atoms with Gasteiger partial charge in [0.25, 0.3) is 20.0 Å². The van der Waals surface area contributed by atoms with Crippen LogP contribution in [0.5, 0.6) is 5.75 Å². The molecular weight excluding hydrogens is 486 g/mol. The van der Waals surface area contributed by atoms with Crippen molar-refractivity contribution in [1.29, 1.82) is 0 Å². The molecule has 2 aromatic rings. The lowest BCUT2D eigenvalue weighted by atomic mass is 10.1. The fourth-order valence-electron chi connectivity index (χ4n) is 3.09. The van der Waals surface area contributed by atoms with Crippen molar-refractivity contribution in [2.24, 2.45) is 0 Å². The quantitative estimate of drug-likeness (QED) is 0.339. The van der Waals surface area contributed by atoms with Crippen molar-refractivity contribution in [2.75, 3.05) is 6.54 Å². The van der Waals surface area contributed by atoms with E-state index in [1.165, 1.54) is 0 Å². The third-order valence-corrected chi connectivity index (χ3v) is 9.35. The molecule has 0 aliphatic heterocycles. The molecule has 2 aromatic carbocycles. The Bertz CT molecular complexity index is 1080. The van der Waals surface area contributed by atoms with Crippen molar-refractivity contribution in [3.8, 4) is 5.75 Å². The van der Waals surface area contributed by atoms with Crippen LogP contribution in [0.2, 0.25) is 0 Å². The Morgan fingerprint density at radius 1 is 0.727 bits per heavy atom. The molecule has 0 atom stereocenters. The van der Waals surface area contributed by atoms with E-state index in [1.54, 1.807) is 0 Å². The lowest BCUT2D eigenvalue weighted by Crippen LogP contribution is -2.38. The second-order valence-electron chi connectivity index (χ2n) is 7.52. The Hall–Kier alpha value is -2.18. The molecule has 0 heterocycles. The summed E-state index contributed by atoms with van der Waals surface area (Å²) in [5, 5.41) is 9.24. The van der Waals surface area contributed by atoms with Gasteiger partial charge in [-0.15, -0.1) is 0 Å². The number of sulfonamides is 2. The lowest BCUT2D eigenvalue weighted by molar-refractivity contribution is 0.393. The van der Waals surface area contributed by atoms with E-state index in [4.69, 9.17) is 0 Å². The van der Waals surface area contributed by atoms with Gasteiger partial charge in [0.15, 0.2) is 17.4 Å². The van der Waals surface area contributed by atoms with Crippen molar-refractivity contribution in [2.45, 2.75) is 62.2 Å². The van der Waals surface area contributed by atoms with Gasteiger partial charge in [-0.05, 0) is 37.6 Å². The molecule has 0 aliphatic rings. The minimum Gasteiger partial charge on any atom is -0.503 e. The van der Waals surface area contributed by atoms with Crippen LogP contribution in [-0.4, -0.2) is 32.2 Å². The van der Waals surface area contributed by atoms with Crippen LogP contribution in [0.4, 0.5) is 17.6 Å². The molecule has 184 valence electrons. The van der Waals surface area contributed by atoms with Crippen LogP contribution in [0, 0.1) is 30.2 Å². The first-order chi connectivity index (χ1) is 15.3. The Balaban J connectivity index is 2.53. The van der Waals surface area contributed by atoms with E-state index >= 15 is 0 Å². The minimum atomic E-state index is -5.09. The standard InChI is InChI=1S/C21H25F4NO5S2/c1-3-4-5-6-7-8-9-26(32(28,29)15-10-17(22)14(2)18(23)11-15)33(30,31)16-12-19(24)21(27)20(25)13-16/h10-13,27H,3-9H2,1-2H3. The summed E-state index contributed by atoms with van der Waals surface area (Å²) in [6.45, 7) is 2.46. The van der Waals surface area contributed by atoms with Crippen LogP contribution < -0.4 is 0 Å². The highest BCUT2D eigenvalue weighted by Gasteiger charge is 2.38.